The van der Waals surface area contributed by atoms with E-state index in [4.69, 9.17) is 4.74 Å². The van der Waals surface area contributed by atoms with Gasteiger partial charge < -0.3 is 9.64 Å². The number of methoxy groups -OCH3 is 1. The van der Waals surface area contributed by atoms with E-state index in [-0.39, 0.29) is 5.91 Å². The second-order valence-electron chi connectivity index (χ2n) is 5.73. The van der Waals surface area contributed by atoms with Crippen LogP contribution < -0.4 is 4.74 Å². The normalized spacial score (nSPS) is 10.3. The molecule has 0 aliphatic heterocycles. The minimum absolute atomic E-state index is 0.0928. The third-order valence-electron chi connectivity index (χ3n) is 3.91. The van der Waals surface area contributed by atoms with E-state index in [1.807, 2.05) is 60.0 Å². The zero-order valence-electron chi connectivity index (χ0n) is 14.6. The van der Waals surface area contributed by atoms with Gasteiger partial charge in [-0.25, -0.2) is 4.98 Å². The minimum atomic E-state index is -0.0928. The Hall–Kier alpha value is -2.92. The van der Waals surface area contributed by atoms with Crippen LogP contribution >= 0.6 is 11.3 Å². The minimum Gasteiger partial charge on any atom is -0.497 e. The fraction of sp³-hybridized carbons (Fsp3) is 0.143. The van der Waals surface area contributed by atoms with Crippen molar-refractivity contribution >= 4 is 17.2 Å². The lowest BCUT2D eigenvalue weighted by atomic mass is 10.2. The molecule has 3 rings (SSSR count). The van der Waals surface area contributed by atoms with E-state index >= 15 is 0 Å². The molecule has 0 atom stereocenters. The van der Waals surface area contributed by atoms with Gasteiger partial charge in [0.15, 0.2) is 0 Å². The number of hydrogen-bond acceptors (Lipinski definition) is 4. The molecule has 0 unspecified atom stereocenters. The quantitative estimate of drug-likeness (QED) is 0.573. The smallest absolute Gasteiger partial charge is 0.273 e. The van der Waals surface area contributed by atoms with Crippen LogP contribution in [0.25, 0.3) is 10.6 Å². The van der Waals surface area contributed by atoms with Gasteiger partial charge in [-0.1, -0.05) is 36.4 Å². The molecule has 26 heavy (non-hydrogen) atoms. The Morgan fingerprint density at radius 3 is 2.58 bits per heavy atom. The molecule has 0 aliphatic rings. The van der Waals surface area contributed by atoms with E-state index in [2.05, 4.69) is 11.6 Å². The van der Waals surface area contributed by atoms with E-state index in [0.717, 1.165) is 21.9 Å². The lowest BCUT2D eigenvalue weighted by molar-refractivity contribution is 0.0757. The van der Waals surface area contributed by atoms with Gasteiger partial charge in [0.25, 0.3) is 5.91 Å². The average Bonchev–Trinajstić information content (AvgIpc) is 3.18. The summed E-state index contributed by atoms with van der Waals surface area (Å²) in [5.74, 6) is 0.700. The number of benzene rings is 2. The van der Waals surface area contributed by atoms with Gasteiger partial charge in [0.05, 0.1) is 7.11 Å². The van der Waals surface area contributed by atoms with Crippen molar-refractivity contribution < 1.29 is 9.53 Å². The summed E-state index contributed by atoms with van der Waals surface area (Å²) in [5, 5.41) is 2.62. The highest BCUT2D eigenvalue weighted by Gasteiger charge is 2.18. The number of carbonyl (C=O) groups excluding carboxylic acids is 1. The zero-order chi connectivity index (χ0) is 18.4. The molecular weight excluding hydrogens is 344 g/mol. The summed E-state index contributed by atoms with van der Waals surface area (Å²) in [4.78, 5) is 19.2. The summed E-state index contributed by atoms with van der Waals surface area (Å²) in [5.41, 5.74) is 2.50. The Balaban J connectivity index is 1.79. The van der Waals surface area contributed by atoms with Crippen LogP contribution in [0, 0.1) is 0 Å². The first kappa shape index (κ1) is 17.9. The molecule has 0 spiro atoms. The van der Waals surface area contributed by atoms with Crippen molar-refractivity contribution in [1.29, 1.82) is 0 Å². The lowest BCUT2D eigenvalue weighted by Gasteiger charge is -2.20. The van der Waals surface area contributed by atoms with Crippen LogP contribution in [0.5, 0.6) is 5.75 Å². The average molecular weight is 364 g/mol. The Morgan fingerprint density at radius 2 is 1.92 bits per heavy atom. The highest BCUT2D eigenvalue weighted by molar-refractivity contribution is 7.13. The Kier molecular flexibility index (Phi) is 5.81. The first-order valence-corrected chi connectivity index (χ1v) is 9.13. The topological polar surface area (TPSA) is 42.4 Å². The molecule has 132 valence electrons. The number of nitrogens with zero attached hydrogens (tertiary/aromatic N) is 2. The Morgan fingerprint density at radius 1 is 1.19 bits per heavy atom. The summed E-state index contributed by atoms with van der Waals surface area (Å²) in [7, 11) is 1.64. The first-order valence-electron chi connectivity index (χ1n) is 8.25. The van der Waals surface area contributed by atoms with E-state index in [1.54, 1.807) is 18.1 Å². The highest BCUT2D eigenvalue weighted by Crippen LogP contribution is 2.26. The molecule has 0 saturated heterocycles. The van der Waals surface area contributed by atoms with Crippen molar-refractivity contribution in [2.75, 3.05) is 13.7 Å². The van der Waals surface area contributed by atoms with Gasteiger partial charge in [-0.3, -0.25) is 4.79 Å². The zero-order valence-corrected chi connectivity index (χ0v) is 15.4. The van der Waals surface area contributed by atoms with Crippen LogP contribution in [0.15, 0.2) is 72.6 Å². The van der Waals surface area contributed by atoms with E-state index in [0.29, 0.717) is 18.8 Å². The van der Waals surface area contributed by atoms with E-state index < -0.39 is 0 Å². The molecule has 0 fully saturated rings. The Labute approximate surface area is 157 Å². The molecular formula is C21H20N2O2S. The number of aromatic nitrogens is 1. The molecule has 2 aromatic carbocycles. The summed E-state index contributed by atoms with van der Waals surface area (Å²) < 4.78 is 5.18. The maximum atomic E-state index is 12.9. The van der Waals surface area contributed by atoms with Crippen molar-refractivity contribution in [2.45, 2.75) is 6.54 Å². The predicted octanol–water partition coefficient (Wildman–Crippen LogP) is 4.65. The van der Waals surface area contributed by atoms with Gasteiger partial charge in [-0.15, -0.1) is 17.9 Å². The molecule has 1 aromatic heterocycles. The number of rotatable bonds is 7. The SMILES string of the molecule is C=CCN(Cc1ccccc1)C(=O)c1csc(-c2ccc(OC)cc2)n1. The summed E-state index contributed by atoms with van der Waals surface area (Å²) >= 11 is 1.46. The van der Waals surface area contributed by atoms with Gasteiger partial charge in [0.2, 0.25) is 0 Å². The van der Waals surface area contributed by atoms with Crippen LogP contribution in [0.1, 0.15) is 16.1 Å². The molecule has 1 amide bonds. The number of carbonyl (C=O) groups is 1. The summed E-state index contributed by atoms with van der Waals surface area (Å²) in [6.07, 6.45) is 1.73. The van der Waals surface area contributed by atoms with Gasteiger partial charge >= 0.3 is 0 Å². The molecule has 0 N–H and O–H groups in total. The van der Waals surface area contributed by atoms with Crippen molar-refractivity contribution in [3.8, 4) is 16.3 Å². The van der Waals surface area contributed by atoms with Crippen LogP contribution in [0.3, 0.4) is 0 Å². The molecule has 4 nitrogen and oxygen atoms in total. The van der Waals surface area contributed by atoms with Gasteiger partial charge in [0, 0.05) is 24.0 Å². The van der Waals surface area contributed by atoms with Crippen molar-refractivity contribution in [3.63, 3.8) is 0 Å². The van der Waals surface area contributed by atoms with Crippen molar-refractivity contribution in [3.05, 3.63) is 83.9 Å². The van der Waals surface area contributed by atoms with E-state index in [9.17, 15) is 4.79 Å². The summed E-state index contributed by atoms with van der Waals surface area (Å²) in [6, 6.07) is 17.6. The largest absolute Gasteiger partial charge is 0.497 e. The number of ether oxygens (including phenoxy) is 1. The van der Waals surface area contributed by atoms with E-state index in [1.165, 1.54) is 11.3 Å². The second-order valence-corrected chi connectivity index (χ2v) is 6.58. The fourth-order valence-electron chi connectivity index (χ4n) is 2.58. The van der Waals surface area contributed by atoms with Crippen LogP contribution in [-0.2, 0) is 6.54 Å². The lowest BCUT2D eigenvalue weighted by Crippen LogP contribution is -2.30. The standard InChI is InChI=1S/C21H20N2O2S/c1-3-13-23(14-16-7-5-4-6-8-16)21(24)19-15-26-20(22-19)17-9-11-18(25-2)12-10-17/h3-12,15H,1,13-14H2,2H3. The third-order valence-corrected chi connectivity index (χ3v) is 4.80. The van der Waals surface area contributed by atoms with Crippen molar-refractivity contribution in [1.82, 2.24) is 9.88 Å². The van der Waals surface area contributed by atoms with Gasteiger partial charge in [-0.2, -0.15) is 0 Å². The Bertz CT molecular complexity index is 873. The van der Waals surface area contributed by atoms with Gasteiger partial charge in [0.1, 0.15) is 16.5 Å². The fourth-order valence-corrected chi connectivity index (χ4v) is 3.38. The van der Waals surface area contributed by atoms with Crippen molar-refractivity contribution in [2.24, 2.45) is 0 Å². The number of hydrogen-bond donors (Lipinski definition) is 0. The monoisotopic (exact) mass is 364 g/mol. The maximum Gasteiger partial charge on any atom is 0.273 e. The first-order chi connectivity index (χ1) is 12.7. The second kappa shape index (κ2) is 8.45. The molecule has 0 saturated carbocycles. The number of thiazole rings is 1. The molecule has 1 heterocycles. The highest BCUT2D eigenvalue weighted by atomic mass is 32.1. The van der Waals surface area contributed by atoms with Crippen LogP contribution in [-0.4, -0.2) is 29.4 Å². The number of amides is 1. The molecule has 0 aliphatic carbocycles. The third kappa shape index (κ3) is 4.18. The van der Waals surface area contributed by atoms with Crippen LogP contribution in [0.4, 0.5) is 0 Å². The molecule has 0 bridgehead atoms. The molecule has 3 aromatic rings. The maximum absolute atomic E-state index is 12.9. The van der Waals surface area contributed by atoms with Crippen LogP contribution in [0.2, 0.25) is 0 Å². The molecule has 5 heteroatoms. The molecule has 0 radical (unpaired) electrons. The summed E-state index contributed by atoms with van der Waals surface area (Å²) in [6.45, 7) is 4.77. The van der Waals surface area contributed by atoms with Gasteiger partial charge in [-0.05, 0) is 29.8 Å². The predicted molar refractivity (Wildman–Crippen MR) is 105 cm³/mol.